The third-order valence-corrected chi connectivity index (χ3v) is 5.88. The van der Waals surface area contributed by atoms with Crippen LogP contribution in [0, 0.1) is 11.6 Å². The van der Waals surface area contributed by atoms with Crippen LogP contribution in [0.2, 0.25) is 10.0 Å². The van der Waals surface area contributed by atoms with E-state index in [1.807, 2.05) is 26.0 Å². The van der Waals surface area contributed by atoms with E-state index in [0.29, 0.717) is 34.2 Å². The van der Waals surface area contributed by atoms with E-state index in [2.05, 4.69) is 5.10 Å². The second-order valence-corrected chi connectivity index (χ2v) is 8.52. The lowest BCUT2D eigenvalue weighted by atomic mass is 10.0. The van der Waals surface area contributed by atoms with E-state index >= 15 is 0 Å². The first-order valence-corrected chi connectivity index (χ1v) is 11.5. The van der Waals surface area contributed by atoms with Crippen molar-refractivity contribution in [3.8, 4) is 0 Å². The molecule has 0 aliphatic heterocycles. The number of benzene rings is 2. The van der Waals surface area contributed by atoms with Gasteiger partial charge in [0.2, 0.25) is 0 Å². The summed E-state index contributed by atoms with van der Waals surface area (Å²) in [6.45, 7) is 3.84. The Hall–Kier alpha value is -2.97. The predicted molar refractivity (Wildman–Crippen MR) is 127 cm³/mol. The average Bonchev–Trinajstić information content (AvgIpc) is 3.09. The number of hydrogen-bond acceptors (Lipinski definition) is 3. The molecule has 2 aromatic carbocycles. The van der Waals surface area contributed by atoms with Gasteiger partial charge >= 0.3 is 6.03 Å². The summed E-state index contributed by atoms with van der Waals surface area (Å²) in [6, 6.07) is 7.24. The summed E-state index contributed by atoms with van der Waals surface area (Å²) in [5, 5.41) is 5.71. The van der Waals surface area contributed by atoms with Crippen molar-refractivity contribution in [3.05, 3.63) is 86.2 Å². The zero-order chi connectivity index (χ0) is 25.0. The van der Waals surface area contributed by atoms with Gasteiger partial charge in [-0.25, -0.2) is 13.6 Å². The Labute approximate surface area is 206 Å². The van der Waals surface area contributed by atoms with Gasteiger partial charge in [-0.3, -0.25) is 14.4 Å². The van der Waals surface area contributed by atoms with E-state index in [1.54, 1.807) is 10.7 Å². The van der Waals surface area contributed by atoms with Gasteiger partial charge in [0.15, 0.2) is 0 Å². The summed E-state index contributed by atoms with van der Waals surface area (Å²) in [7, 11) is 0. The number of urea groups is 1. The second-order valence-electron chi connectivity index (χ2n) is 7.65. The number of nitrogens with two attached hydrogens (primary N) is 1. The molecule has 3 rings (SSSR count). The number of rotatable bonds is 8. The highest BCUT2D eigenvalue weighted by Gasteiger charge is 2.27. The molecular formula is C24H24Cl2F2N4O2. The summed E-state index contributed by atoms with van der Waals surface area (Å²) < 4.78 is 29.9. The summed E-state index contributed by atoms with van der Waals surface area (Å²) >= 11 is 12.3. The van der Waals surface area contributed by atoms with E-state index in [-0.39, 0.29) is 13.1 Å². The molecule has 3 aromatic rings. The molecule has 0 atom stereocenters. The van der Waals surface area contributed by atoms with Crippen LogP contribution in [-0.4, -0.2) is 33.2 Å². The van der Waals surface area contributed by atoms with Gasteiger partial charge in [-0.05, 0) is 48.7 Å². The predicted octanol–water partition coefficient (Wildman–Crippen LogP) is 5.40. The molecule has 34 heavy (non-hydrogen) atoms. The fourth-order valence-corrected chi connectivity index (χ4v) is 4.49. The number of aromatic nitrogens is 2. The van der Waals surface area contributed by atoms with Crippen molar-refractivity contribution in [2.45, 2.75) is 39.7 Å². The lowest BCUT2D eigenvalue weighted by Gasteiger charge is -2.20. The van der Waals surface area contributed by atoms with Crippen LogP contribution in [0.3, 0.4) is 0 Å². The van der Waals surface area contributed by atoms with Crippen molar-refractivity contribution in [3.63, 3.8) is 0 Å². The Kier molecular flexibility index (Phi) is 8.28. The molecule has 6 nitrogen and oxygen atoms in total. The van der Waals surface area contributed by atoms with Crippen LogP contribution in [0.5, 0.6) is 0 Å². The number of primary amides is 1. The first kappa shape index (κ1) is 25.6. The maximum Gasteiger partial charge on any atom is 0.321 e. The zero-order valence-electron chi connectivity index (χ0n) is 18.7. The first-order chi connectivity index (χ1) is 16.2. The Morgan fingerprint density at radius 3 is 2.21 bits per heavy atom. The Balaban J connectivity index is 1.89. The van der Waals surface area contributed by atoms with Crippen LogP contribution in [0.25, 0.3) is 0 Å². The third kappa shape index (κ3) is 5.56. The number of halogens is 4. The fourth-order valence-electron chi connectivity index (χ4n) is 3.92. The van der Waals surface area contributed by atoms with Crippen LogP contribution in [-0.2, 0) is 25.8 Å². The van der Waals surface area contributed by atoms with Gasteiger partial charge in [-0.2, -0.15) is 5.10 Å². The first-order valence-electron chi connectivity index (χ1n) is 10.7. The molecule has 0 saturated heterocycles. The topological polar surface area (TPSA) is 81.2 Å². The fraction of sp³-hybridized carbons (Fsp3) is 0.292. The van der Waals surface area contributed by atoms with Crippen molar-refractivity contribution in [2.75, 3.05) is 6.54 Å². The smallest absolute Gasteiger partial charge is 0.321 e. The quantitative estimate of drug-likeness (QED) is 0.441. The van der Waals surface area contributed by atoms with Gasteiger partial charge in [0.1, 0.15) is 17.2 Å². The van der Waals surface area contributed by atoms with Crippen LogP contribution >= 0.6 is 23.2 Å². The minimum Gasteiger partial charge on any atom is -0.351 e. The number of aryl methyl sites for hydroxylation is 1. The van der Waals surface area contributed by atoms with Crippen LogP contribution in [0.15, 0.2) is 36.4 Å². The molecule has 0 saturated carbocycles. The molecule has 0 fully saturated rings. The number of hydrogen-bond donors (Lipinski definition) is 1. The summed E-state index contributed by atoms with van der Waals surface area (Å²) in [5.41, 5.74) is 8.22. The van der Waals surface area contributed by atoms with E-state index < -0.39 is 29.1 Å². The minimum atomic E-state index is -1.14. The number of amides is 3. The van der Waals surface area contributed by atoms with E-state index in [4.69, 9.17) is 28.9 Å². The van der Waals surface area contributed by atoms with Crippen molar-refractivity contribution >= 4 is 35.1 Å². The minimum absolute atomic E-state index is 0.108. The Morgan fingerprint density at radius 2 is 1.68 bits per heavy atom. The molecule has 10 heteroatoms. The standard InChI is InChI=1S/C24H24Cl2F2N4O2/c1-3-20-17(12-14-10-15(25)13-16(26)11-14)21(4-2)32(30-20)9-8-31(24(29)34)23(33)22-18(27)6-5-7-19(22)28/h5-7,10-11,13H,3-4,8-9,12H2,1-2H3,(H2,29,34). The molecule has 0 radical (unpaired) electrons. The third-order valence-electron chi connectivity index (χ3n) is 5.45. The Bertz CT molecular complexity index is 1190. The highest BCUT2D eigenvalue weighted by molar-refractivity contribution is 6.34. The summed E-state index contributed by atoms with van der Waals surface area (Å²) in [4.78, 5) is 25.3. The van der Waals surface area contributed by atoms with Gasteiger partial charge in [-0.15, -0.1) is 0 Å². The maximum atomic E-state index is 14.1. The van der Waals surface area contributed by atoms with Crippen LogP contribution < -0.4 is 5.73 Å². The van der Waals surface area contributed by atoms with Gasteiger partial charge in [0.05, 0.1) is 18.8 Å². The number of carbonyl (C=O) groups is 2. The summed E-state index contributed by atoms with van der Waals surface area (Å²) in [5.74, 6) is -3.28. The van der Waals surface area contributed by atoms with Crippen molar-refractivity contribution in [1.82, 2.24) is 14.7 Å². The van der Waals surface area contributed by atoms with Gasteiger partial charge in [0.25, 0.3) is 5.91 Å². The largest absolute Gasteiger partial charge is 0.351 e. The molecule has 2 N–H and O–H groups in total. The van der Waals surface area contributed by atoms with Crippen LogP contribution in [0.4, 0.5) is 13.6 Å². The Morgan fingerprint density at radius 1 is 1.06 bits per heavy atom. The molecule has 3 amide bonds. The van der Waals surface area contributed by atoms with Crippen molar-refractivity contribution in [2.24, 2.45) is 5.73 Å². The van der Waals surface area contributed by atoms with Gasteiger partial charge in [-0.1, -0.05) is 43.1 Å². The van der Waals surface area contributed by atoms with E-state index in [0.717, 1.165) is 40.7 Å². The number of nitrogens with zero attached hydrogens (tertiary/aromatic N) is 3. The normalized spacial score (nSPS) is 11.0. The molecule has 0 aliphatic rings. The molecule has 0 bridgehead atoms. The lowest BCUT2D eigenvalue weighted by molar-refractivity contribution is 0.0793. The van der Waals surface area contributed by atoms with Gasteiger partial charge in [0, 0.05) is 27.7 Å². The zero-order valence-corrected chi connectivity index (χ0v) is 20.3. The van der Waals surface area contributed by atoms with Crippen LogP contribution in [0.1, 0.15) is 46.7 Å². The molecule has 180 valence electrons. The molecular weight excluding hydrogens is 485 g/mol. The molecule has 0 unspecified atom stereocenters. The molecule has 1 heterocycles. The summed E-state index contributed by atoms with van der Waals surface area (Å²) in [6.07, 6.45) is 1.83. The monoisotopic (exact) mass is 508 g/mol. The molecule has 1 aromatic heterocycles. The van der Waals surface area contributed by atoms with Crippen molar-refractivity contribution in [1.29, 1.82) is 0 Å². The van der Waals surface area contributed by atoms with E-state index in [9.17, 15) is 18.4 Å². The molecule has 0 aliphatic carbocycles. The van der Waals surface area contributed by atoms with Crippen molar-refractivity contribution < 1.29 is 18.4 Å². The highest BCUT2D eigenvalue weighted by atomic mass is 35.5. The van der Waals surface area contributed by atoms with Gasteiger partial charge < -0.3 is 5.73 Å². The number of carbonyl (C=O) groups excluding carboxylic acids is 2. The lowest BCUT2D eigenvalue weighted by Crippen LogP contribution is -2.43. The molecule has 0 spiro atoms. The van der Waals surface area contributed by atoms with E-state index in [1.165, 1.54) is 0 Å². The maximum absolute atomic E-state index is 14.1. The SMILES string of the molecule is CCc1nn(CCN(C(N)=O)C(=O)c2c(F)cccc2F)c(CC)c1Cc1cc(Cl)cc(Cl)c1. The number of imide groups is 1. The second kappa shape index (κ2) is 11.0. The average molecular weight is 509 g/mol. The highest BCUT2D eigenvalue weighted by Crippen LogP contribution is 2.25.